The topological polar surface area (TPSA) is 51.0 Å². The van der Waals surface area contributed by atoms with E-state index in [1.807, 2.05) is 25.1 Å². The van der Waals surface area contributed by atoms with Gasteiger partial charge in [-0.15, -0.1) is 0 Å². The van der Waals surface area contributed by atoms with Crippen molar-refractivity contribution < 1.29 is 4.42 Å². The van der Waals surface area contributed by atoms with Gasteiger partial charge in [0.2, 0.25) is 0 Å². The minimum atomic E-state index is 0.645. The van der Waals surface area contributed by atoms with E-state index >= 15 is 0 Å². The van der Waals surface area contributed by atoms with Crippen molar-refractivity contribution in [3.05, 3.63) is 41.7 Å². The first kappa shape index (κ1) is 10.7. The Hall–Kier alpha value is -1.84. The molecule has 0 amide bonds. The van der Waals surface area contributed by atoms with Crippen molar-refractivity contribution in [1.82, 2.24) is 9.97 Å². The first-order valence-electron chi connectivity index (χ1n) is 5.38. The van der Waals surface area contributed by atoms with Crippen molar-refractivity contribution in [2.24, 2.45) is 0 Å². The summed E-state index contributed by atoms with van der Waals surface area (Å²) in [5.41, 5.74) is 1.05. The molecule has 4 heteroatoms. The van der Waals surface area contributed by atoms with Crippen LogP contribution in [0.1, 0.15) is 24.2 Å². The van der Waals surface area contributed by atoms with Crippen molar-refractivity contribution in [3.63, 3.8) is 0 Å². The van der Waals surface area contributed by atoms with Crippen LogP contribution in [0, 0.1) is 6.92 Å². The second-order valence-corrected chi connectivity index (χ2v) is 3.58. The molecule has 0 spiro atoms. The van der Waals surface area contributed by atoms with E-state index in [1.54, 1.807) is 6.26 Å². The first-order chi connectivity index (χ1) is 7.78. The van der Waals surface area contributed by atoms with Gasteiger partial charge in [-0.05, 0) is 25.5 Å². The van der Waals surface area contributed by atoms with Gasteiger partial charge in [-0.2, -0.15) is 0 Å². The molecule has 2 rings (SSSR count). The van der Waals surface area contributed by atoms with Crippen molar-refractivity contribution in [1.29, 1.82) is 0 Å². The zero-order valence-corrected chi connectivity index (χ0v) is 9.53. The Kier molecular flexibility index (Phi) is 3.19. The molecule has 84 valence electrons. The molecule has 0 atom stereocenters. The Morgan fingerprint density at radius 3 is 2.94 bits per heavy atom. The lowest BCUT2D eigenvalue weighted by molar-refractivity contribution is 0.517. The first-order valence-corrected chi connectivity index (χ1v) is 5.38. The maximum Gasteiger partial charge on any atom is 0.130 e. The fourth-order valence-corrected chi connectivity index (χ4v) is 1.49. The minimum Gasteiger partial charge on any atom is -0.467 e. The molecule has 0 radical (unpaired) electrons. The number of aromatic nitrogens is 2. The molecular weight excluding hydrogens is 202 g/mol. The lowest BCUT2D eigenvalue weighted by Crippen LogP contribution is -2.04. The van der Waals surface area contributed by atoms with Gasteiger partial charge < -0.3 is 9.73 Å². The van der Waals surface area contributed by atoms with Gasteiger partial charge in [-0.3, -0.25) is 0 Å². The normalized spacial score (nSPS) is 10.4. The molecule has 0 aliphatic carbocycles. The van der Waals surface area contributed by atoms with Crippen LogP contribution in [0.5, 0.6) is 0 Å². The van der Waals surface area contributed by atoms with E-state index in [0.29, 0.717) is 6.54 Å². The minimum absolute atomic E-state index is 0.645. The Morgan fingerprint density at radius 1 is 1.38 bits per heavy atom. The van der Waals surface area contributed by atoms with Gasteiger partial charge in [0.15, 0.2) is 0 Å². The summed E-state index contributed by atoms with van der Waals surface area (Å²) in [4.78, 5) is 8.64. The molecule has 2 heterocycles. The van der Waals surface area contributed by atoms with Crippen molar-refractivity contribution in [3.8, 4) is 0 Å². The van der Waals surface area contributed by atoms with Crippen LogP contribution in [-0.2, 0) is 13.0 Å². The number of nitrogens with one attached hydrogen (secondary N) is 1. The number of hydrogen-bond acceptors (Lipinski definition) is 4. The number of furan rings is 1. The third kappa shape index (κ3) is 2.59. The smallest absolute Gasteiger partial charge is 0.130 e. The average Bonchev–Trinajstić information content (AvgIpc) is 2.78. The van der Waals surface area contributed by atoms with Gasteiger partial charge in [0, 0.05) is 11.8 Å². The molecule has 1 N–H and O–H groups in total. The van der Waals surface area contributed by atoms with E-state index in [1.165, 1.54) is 0 Å². The van der Waals surface area contributed by atoms with Crippen molar-refractivity contribution in [2.75, 3.05) is 5.32 Å². The van der Waals surface area contributed by atoms with Crippen LogP contribution >= 0.6 is 0 Å². The van der Waals surface area contributed by atoms with Crippen LogP contribution in [0.3, 0.4) is 0 Å². The highest BCUT2D eigenvalue weighted by Crippen LogP contribution is 2.09. The summed E-state index contributed by atoms with van der Waals surface area (Å²) in [6, 6.07) is 5.78. The molecular formula is C12H15N3O. The Morgan fingerprint density at radius 2 is 2.25 bits per heavy atom. The molecule has 0 saturated carbocycles. The van der Waals surface area contributed by atoms with Crippen LogP contribution in [0.15, 0.2) is 28.9 Å². The molecule has 0 unspecified atom stereocenters. The molecule has 2 aromatic rings. The fraction of sp³-hybridized carbons (Fsp3) is 0.333. The number of aryl methyl sites for hydroxylation is 2. The summed E-state index contributed by atoms with van der Waals surface area (Å²) in [5.74, 6) is 2.54. The average molecular weight is 217 g/mol. The number of hydrogen-bond donors (Lipinski definition) is 1. The zero-order chi connectivity index (χ0) is 11.4. The van der Waals surface area contributed by atoms with E-state index in [-0.39, 0.29) is 0 Å². The Balaban J connectivity index is 2.06. The Labute approximate surface area is 94.7 Å². The molecule has 4 nitrogen and oxygen atoms in total. The van der Waals surface area contributed by atoms with Gasteiger partial charge in [-0.25, -0.2) is 9.97 Å². The summed E-state index contributed by atoms with van der Waals surface area (Å²) >= 11 is 0. The maximum atomic E-state index is 5.24. The highest BCUT2D eigenvalue weighted by molar-refractivity contribution is 5.36. The standard InChI is InChI=1S/C12H15N3O/c1-3-10-7-12(15-9(2)14-10)13-8-11-5-4-6-16-11/h4-7H,3,8H2,1-2H3,(H,13,14,15). The lowest BCUT2D eigenvalue weighted by atomic mass is 10.3. The Bertz CT molecular complexity index is 451. The monoisotopic (exact) mass is 217 g/mol. The molecule has 2 aromatic heterocycles. The van der Waals surface area contributed by atoms with Crippen LogP contribution in [0.2, 0.25) is 0 Å². The SMILES string of the molecule is CCc1cc(NCc2ccco2)nc(C)n1. The third-order valence-corrected chi connectivity index (χ3v) is 2.28. The highest BCUT2D eigenvalue weighted by atomic mass is 16.3. The van der Waals surface area contributed by atoms with Gasteiger partial charge in [0.05, 0.1) is 12.8 Å². The zero-order valence-electron chi connectivity index (χ0n) is 9.53. The van der Waals surface area contributed by atoms with E-state index in [2.05, 4.69) is 22.2 Å². The van der Waals surface area contributed by atoms with Gasteiger partial charge in [0.25, 0.3) is 0 Å². The van der Waals surface area contributed by atoms with Gasteiger partial charge in [0.1, 0.15) is 17.4 Å². The second-order valence-electron chi connectivity index (χ2n) is 3.58. The van der Waals surface area contributed by atoms with Crippen molar-refractivity contribution >= 4 is 5.82 Å². The van der Waals surface area contributed by atoms with Crippen LogP contribution in [-0.4, -0.2) is 9.97 Å². The molecule has 0 aliphatic rings. The second kappa shape index (κ2) is 4.79. The van der Waals surface area contributed by atoms with Crippen LogP contribution in [0.4, 0.5) is 5.82 Å². The van der Waals surface area contributed by atoms with Gasteiger partial charge in [-0.1, -0.05) is 6.92 Å². The van der Waals surface area contributed by atoms with E-state index in [9.17, 15) is 0 Å². The predicted octanol–water partition coefficient (Wildman–Crippen LogP) is 2.55. The number of anilines is 1. The molecule has 0 aromatic carbocycles. The van der Waals surface area contributed by atoms with E-state index < -0.39 is 0 Å². The van der Waals surface area contributed by atoms with Crippen LogP contribution in [0.25, 0.3) is 0 Å². The van der Waals surface area contributed by atoms with Crippen molar-refractivity contribution in [2.45, 2.75) is 26.8 Å². The molecule has 0 saturated heterocycles. The van der Waals surface area contributed by atoms with E-state index in [0.717, 1.165) is 29.5 Å². The third-order valence-electron chi connectivity index (χ3n) is 2.28. The summed E-state index contributed by atoms with van der Waals surface area (Å²) in [6.07, 6.45) is 2.58. The molecule has 16 heavy (non-hydrogen) atoms. The largest absolute Gasteiger partial charge is 0.467 e. The molecule has 0 bridgehead atoms. The summed E-state index contributed by atoms with van der Waals surface area (Å²) < 4.78 is 5.24. The highest BCUT2D eigenvalue weighted by Gasteiger charge is 2.01. The number of nitrogens with zero attached hydrogens (tertiary/aromatic N) is 2. The summed E-state index contributed by atoms with van der Waals surface area (Å²) in [5, 5.41) is 3.22. The molecule has 0 aliphatic heterocycles. The fourth-order valence-electron chi connectivity index (χ4n) is 1.49. The lowest BCUT2D eigenvalue weighted by Gasteiger charge is -2.06. The quantitative estimate of drug-likeness (QED) is 0.855. The van der Waals surface area contributed by atoms with Crippen LogP contribution < -0.4 is 5.32 Å². The molecule has 0 fully saturated rings. The summed E-state index contributed by atoms with van der Waals surface area (Å²) in [7, 11) is 0. The van der Waals surface area contributed by atoms with Gasteiger partial charge >= 0.3 is 0 Å². The maximum absolute atomic E-state index is 5.24. The summed E-state index contributed by atoms with van der Waals surface area (Å²) in [6.45, 7) is 4.63. The number of rotatable bonds is 4. The van der Waals surface area contributed by atoms with E-state index in [4.69, 9.17) is 4.42 Å². The predicted molar refractivity (Wildman–Crippen MR) is 62.2 cm³/mol.